The topological polar surface area (TPSA) is 62.7 Å². The number of halogens is 1. The smallest absolute Gasteiger partial charge is 0.305 e. The Kier molecular flexibility index (Phi) is 19.1. The number of aliphatic imine (C=N–C) groups is 1. The van der Waals surface area contributed by atoms with Gasteiger partial charge in [0.15, 0.2) is 5.96 Å². The van der Waals surface area contributed by atoms with E-state index in [-0.39, 0.29) is 29.9 Å². The molecule has 1 atom stereocenters. The molecule has 0 aromatic carbocycles. The first-order valence-electron chi connectivity index (χ1n) is 8.68. The highest BCUT2D eigenvalue weighted by Gasteiger charge is 2.04. The normalized spacial score (nSPS) is 12.3. The van der Waals surface area contributed by atoms with Gasteiger partial charge >= 0.3 is 5.97 Å². The van der Waals surface area contributed by atoms with Gasteiger partial charge in [-0.25, -0.2) is 0 Å². The molecule has 0 aliphatic rings. The number of rotatable bonds is 12. The Balaban J connectivity index is 0. The first-order chi connectivity index (χ1) is 10.6. The Morgan fingerprint density at radius 2 is 1.83 bits per heavy atom. The zero-order valence-electron chi connectivity index (χ0n) is 15.3. The van der Waals surface area contributed by atoms with Gasteiger partial charge in [-0.1, -0.05) is 39.0 Å². The van der Waals surface area contributed by atoms with Gasteiger partial charge in [0.25, 0.3) is 0 Å². The lowest BCUT2D eigenvalue weighted by atomic mass is 10.1. The predicted octanol–water partition coefficient (Wildman–Crippen LogP) is 3.86. The van der Waals surface area contributed by atoms with Crippen molar-refractivity contribution in [2.24, 2.45) is 4.99 Å². The van der Waals surface area contributed by atoms with E-state index in [0.717, 1.165) is 38.2 Å². The van der Waals surface area contributed by atoms with Crippen LogP contribution in [0.3, 0.4) is 0 Å². The number of nitrogens with zero attached hydrogens (tertiary/aromatic N) is 1. The van der Waals surface area contributed by atoms with Gasteiger partial charge < -0.3 is 15.4 Å². The fourth-order valence-corrected chi connectivity index (χ4v) is 2.26. The van der Waals surface area contributed by atoms with Gasteiger partial charge in [-0.3, -0.25) is 9.79 Å². The molecule has 0 heterocycles. The van der Waals surface area contributed by atoms with Gasteiger partial charge in [-0.2, -0.15) is 0 Å². The van der Waals surface area contributed by atoms with Crippen LogP contribution in [0.25, 0.3) is 0 Å². The second kappa shape index (κ2) is 17.8. The molecule has 0 aromatic heterocycles. The molecule has 23 heavy (non-hydrogen) atoms. The van der Waals surface area contributed by atoms with Crippen LogP contribution in [-0.2, 0) is 9.53 Å². The molecule has 0 aromatic rings. The molecule has 138 valence electrons. The predicted molar refractivity (Wildman–Crippen MR) is 109 cm³/mol. The van der Waals surface area contributed by atoms with E-state index < -0.39 is 0 Å². The molecule has 0 amide bonds. The molecule has 0 radical (unpaired) electrons. The standard InChI is InChI=1S/C17H35N3O2.HI/c1-5-6-9-12-15(2)20-17(18-3)19-14-11-8-7-10-13-16(21)22-4;/h15H,5-14H2,1-4H3,(H2,18,19,20);1H. The number of carbonyl (C=O) groups excluding carboxylic acids is 1. The van der Waals surface area contributed by atoms with Crippen LogP contribution in [0.2, 0.25) is 0 Å². The molecular formula is C17H36IN3O2. The van der Waals surface area contributed by atoms with E-state index in [1.807, 2.05) is 7.05 Å². The fraction of sp³-hybridized carbons (Fsp3) is 0.882. The largest absolute Gasteiger partial charge is 0.469 e. The molecule has 0 bridgehead atoms. The van der Waals surface area contributed by atoms with Gasteiger partial charge in [-0.15, -0.1) is 24.0 Å². The van der Waals surface area contributed by atoms with Gasteiger partial charge in [0.05, 0.1) is 7.11 Å². The molecule has 0 saturated carbocycles. The number of hydrogen-bond acceptors (Lipinski definition) is 3. The lowest BCUT2D eigenvalue weighted by Crippen LogP contribution is -2.42. The van der Waals surface area contributed by atoms with Crippen LogP contribution in [0.5, 0.6) is 0 Å². The number of methoxy groups -OCH3 is 1. The first-order valence-corrected chi connectivity index (χ1v) is 8.68. The number of ether oxygens (including phenoxy) is 1. The summed E-state index contributed by atoms with van der Waals surface area (Å²) in [5.41, 5.74) is 0. The summed E-state index contributed by atoms with van der Waals surface area (Å²) in [5.74, 6) is 0.776. The van der Waals surface area contributed by atoms with Crippen molar-refractivity contribution in [3.8, 4) is 0 Å². The number of carbonyl (C=O) groups is 1. The second-order valence-electron chi connectivity index (χ2n) is 5.78. The quantitative estimate of drug-likeness (QED) is 0.159. The Morgan fingerprint density at radius 1 is 1.13 bits per heavy atom. The molecule has 0 rings (SSSR count). The van der Waals surface area contributed by atoms with E-state index in [9.17, 15) is 4.79 Å². The molecule has 0 saturated heterocycles. The maximum atomic E-state index is 11.0. The summed E-state index contributed by atoms with van der Waals surface area (Å²) >= 11 is 0. The summed E-state index contributed by atoms with van der Waals surface area (Å²) < 4.78 is 4.62. The van der Waals surface area contributed by atoms with E-state index in [1.54, 1.807) is 0 Å². The number of nitrogens with one attached hydrogen (secondary N) is 2. The average molecular weight is 441 g/mol. The summed E-state index contributed by atoms with van der Waals surface area (Å²) in [6.07, 6.45) is 9.72. The summed E-state index contributed by atoms with van der Waals surface area (Å²) in [4.78, 5) is 15.2. The number of unbranched alkanes of at least 4 members (excludes halogenated alkanes) is 5. The Labute approximate surface area is 159 Å². The SMILES string of the molecule is CCCCCC(C)NC(=NC)NCCCCCCC(=O)OC.I. The number of hydrogen-bond donors (Lipinski definition) is 2. The zero-order valence-corrected chi connectivity index (χ0v) is 17.7. The maximum Gasteiger partial charge on any atom is 0.305 e. The summed E-state index contributed by atoms with van der Waals surface area (Å²) in [5, 5.41) is 6.78. The molecule has 6 heteroatoms. The van der Waals surface area contributed by atoms with Gasteiger partial charge in [0.1, 0.15) is 0 Å². The van der Waals surface area contributed by atoms with E-state index >= 15 is 0 Å². The van der Waals surface area contributed by atoms with E-state index in [0.29, 0.717) is 12.5 Å². The minimum Gasteiger partial charge on any atom is -0.469 e. The van der Waals surface area contributed by atoms with Crippen molar-refractivity contribution >= 4 is 35.9 Å². The Morgan fingerprint density at radius 3 is 2.43 bits per heavy atom. The van der Waals surface area contributed by atoms with Crippen molar-refractivity contribution in [1.29, 1.82) is 0 Å². The van der Waals surface area contributed by atoms with Gasteiger partial charge in [-0.05, 0) is 26.2 Å². The van der Waals surface area contributed by atoms with Crippen molar-refractivity contribution in [3.05, 3.63) is 0 Å². The fourth-order valence-electron chi connectivity index (χ4n) is 2.26. The van der Waals surface area contributed by atoms with E-state index in [4.69, 9.17) is 0 Å². The van der Waals surface area contributed by atoms with E-state index in [2.05, 4.69) is 34.2 Å². The lowest BCUT2D eigenvalue weighted by Gasteiger charge is -2.17. The summed E-state index contributed by atoms with van der Waals surface area (Å²) in [6, 6.07) is 0.456. The highest BCUT2D eigenvalue weighted by atomic mass is 127. The zero-order chi connectivity index (χ0) is 16.6. The third kappa shape index (κ3) is 16.1. The van der Waals surface area contributed by atoms with Crippen molar-refractivity contribution in [2.75, 3.05) is 20.7 Å². The molecule has 5 nitrogen and oxygen atoms in total. The molecule has 0 spiro atoms. The van der Waals surface area contributed by atoms with Crippen LogP contribution in [0, 0.1) is 0 Å². The minimum absolute atomic E-state index is 0. The van der Waals surface area contributed by atoms with Crippen molar-refractivity contribution < 1.29 is 9.53 Å². The molecule has 1 unspecified atom stereocenters. The third-order valence-corrected chi connectivity index (χ3v) is 3.68. The average Bonchev–Trinajstić information content (AvgIpc) is 2.52. The van der Waals surface area contributed by atoms with Crippen LogP contribution in [0.4, 0.5) is 0 Å². The van der Waals surface area contributed by atoms with Gasteiger partial charge in [0.2, 0.25) is 0 Å². The van der Waals surface area contributed by atoms with Crippen molar-refractivity contribution in [3.63, 3.8) is 0 Å². The lowest BCUT2D eigenvalue weighted by molar-refractivity contribution is -0.140. The highest BCUT2D eigenvalue weighted by molar-refractivity contribution is 14.0. The van der Waals surface area contributed by atoms with E-state index in [1.165, 1.54) is 32.8 Å². The molecular weight excluding hydrogens is 405 g/mol. The van der Waals surface area contributed by atoms with Crippen LogP contribution in [0.1, 0.15) is 71.6 Å². The monoisotopic (exact) mass is 441 g/mol. The number of guanidine groups is 1. The third-order valence-electron chi connectivity index (χ3n) is 3.68. The highest BCUT2D eigenvalue weighted by Crippen LogP contribution is 2.04. The molecule has 0 fully saturated rings. The number of esters is 1. The van der Waals surface area contributed by atoms with Crippen LogP contribution >= 0.6 is 24.0 Å². The second-order valence-corrected chi connectivity index (χ2v) is 5.78. The molecule has 0 aliphatic carbocycles. The van der Waals surface area contributed by atoms with Crippen molar-refractivity contribution in [2.45, 2.75) is 77.7 Å². The Hall–Kier alpha value is -0.530. The van der Waals surface area contributed by atoms with Crippen LogP contribution in [0.15, 0.2) is 4.99 Å². The van der Waals surface area contributed by atoms with Crippen LogP contribution < -0.4 is 10.6 Å². The van der Waals surface area contributed by atoms with Crippen LogP contribution in [-0.4, -0.2) is 38.7 Å². The Bertz CT molecular complexity index is 312. The molecule has 2 N–H and O–H groups in total. The first kappa shape index (κ1) is 24.7. The minimum atomic E-state index is -0.111. The summed E-state index contributed by atoms with van der Waals surface area (Å²) in [6.45, 7) is 5.35. The summed E-state index contributed by atoms with van der Waals surface area (Å²) in [7, 11) is 3.25. The maximum absolute atomic E-state index is 11.0. The molecule has 0 aliphatic heterocycles. The van der Waals surface area contributed by atoms with Crippen molar-refractivity contribution in [1.82, 2.24) is 10.6 Å². The van der Waals surface area contributed by atoms with Gasteiger partial charge in [0, 0.05) is 26.1 Å².